The normalized spacial score (nSPS) is 19.4. The molecular formula is C8H18O3. The van der Waals surface area contributed by atoms with E-state index in [1.54, 1.807) is 0 Å². The van der Waals surface area contributed by atoms with Gasteiger partial charge in [0.15, 0.2) is 0 Å². The van der Waals surface area contributed by atoms with Crippen LogP contribution in [0.25, 0.3) is 0 Å². The van der Waals surface area contributed by atoms with Crippen molar-refractivity contribution >= 4 is 0 Å². The molecule has 0 radical (unpaired) electrons. The lowest BCUT2D eigenvalue weighted by Gasteiger charge is -2.19. The quantitative estimate of drug-likeness (QED) is 0.533. The zero-order chi connectivity index (χ0) is 8.85. The van der Waals surface area contributed by atoms with Gasteiger partial charge in [0.25, 0.3) is 0 Å². The molecule has 0 saturated heterocycles. The Labute approximate surface area is 67.7 Å². The molecule has 0 unspecified atom stereocenters. The summed E-state index contributed by atoms with van der Waals surface area (Å²) < 4.78 is 0. The fourth-order valence-corrected chi connectivity index (χ4v) is 0.916. The highest BCUT2D eigenvalue weighted by Crippen LogP contribution is 2.15. The minimum atomic E-state index is -0.640. The lowest BCUT2D eigenvalue weighted by molar-refractivity contribution is 0.0618. The van der Waals surface area contributed by atoms with Crippen molar-refractivity contribution in [1.82, 2.24) is 0 Å². The third kappa shape index (κ3) is 4.35. The van der Waals surface area contributed by atoms with Gasteiger partial charge in [-0.2, -0.15) is 0 Å². The first-order valence-corrected chi connectivity index (χ1v) is 4.01. The van der Waals surface area contributed by atoms with Crippen LogP contribution < -0.4 is 0 Å². The number of hydrogen-bond acceptors (Lipinski definition) is 3. The van der Waals surface area contributed by atoms with Crippen molar-refractivity contribution in [1.29, 1.82) is 0 Å². The molecule has 68 valence electrons. The number of rotatable bonds is 5. The molecule has 3 nitrogen and oxygen atoms in total. The Balaban J connectivity index is 3.58. The Morgan fingerprint density at radius 3 is 1.91 bits per heavy atom. The molecule has 0 aromatic rings. The first-order chi connectivity index (χ1) is 5.11. The van der Waals surface area contributed by atoms with Gasteiger partial charge in [-0.3, -0.25) is 0 Å². The third-order valence-corrected chi connectivity index (χ3v) is 2.11. The number of aliphatic hydroxyl groups excluding tert-OH is 3. The summed E-state index contributed by atoms with van der Waals surface area (Å²) in [7, 11) is 0. The van der Waals surface area contributed by atoms with E-state index in [4.69, 9.17) is 15.3 Å². The Morgan fingerprint density at radius 1 is 1.00 bits per heavy atom. The van der Waals surface area contributed by atoms with Crippen LogP contribution in [0, 0.1) is 11.8 Å². The molecule has 0 amide bonds. The molecule has 0 heterocycles. The Hall–Kier alpha value is -0.120. The topological polar surface area (TPSA) is 60.7 Å². The predicted molar refractivity (Wildman–Crippen MR) is 43.1 cm³/mol. The van der Waals surface area contributed by atoms with Crippen LogP contribution in [0.5, 0.6) is 0 Å². The zero-order valence-corrected chi connectivity index (χ0v) is 7.20. The van der Waals surface area contributed by atoms with Crippen LogP contribution in [0.3, 0.4) is 0 Å². The second-order valence-corrected chi connectivity index (χ2v) is 3.21. The van der Waals surface area contributed by atoms with Gasteiger partial charge in [0.1, 0.15) is 0 Å². The highest BCUT2D eigenvalue weighted by atomic mass is 16.3. The van der Waals surface area contributed by atoms with Gasteiger partial charge in [0.05, 0.1) is 12.7 Å². The zero-order valence-electron chi connectivity index (χ0n) is 7.20. The first-order valence-electron chi connectivity index (χ1n) is 4.01. The maximum absolute atomic E-state index is 9.04. The summed E-state index contributed by atoms with van der Waals surface area (Å²) in [5.74, 6) is 0.443. The maximum atomic E-state index is 9.04. The SMILES string of the molecule is C[C@H](CO)[C@@H](C)C[C@H](O)CO. The Kier molecular flexibility index (Phi) is 5.46. The molecule has 0 bridgehead atoms. The summed E-state index contributed by atoms with van der Waals surface area (Å²) in [6, 6.07) is 0. The molecule has 0 aromatic carbocycles. The van der Waals surface area contributed by atoms with E-state index >= 15 is 0 Å². The minimum absolute atomic E-state index is 0.138. The average Bonchev–Trinajstić information content (AvgIpc) is 2.02. The van der Waals surface area contributed by atoms with E-state index < -0.39 is 6.10 Å². The van der Waals surface area contributed by atoms with E-state index in [1.165, 1.54) is 0 Å². The first kappa shape index (κ1) is 10.9. The monoisotopic (exact) mass is 162 g/mol. The van der Waals surface area contributed by atoms with Gasteiger partial charge in [-0.05, 0) is 18.3 Å². The molecule has 0 aromatic heterocycles. The van der Waals surface area contributed by atoms with Gasteiger partial charge in [-0.15, -0.1) is 0 Å². The number of hydrogen-bond donors (Lipinski definition) is 3. The Bertz CT molecular complexity index is 95.3. The molecule has 3 atom stereocenters. The van der Waals surface area contributed by atoms with E-state index in [0.717, 1.165) is 0 Å². The minimum Gasteiger partial charge on any atom is -0.396 e. The van der Waals surface area contributed by atoms with Crippen molar-refractivity contribution in [2.45, 2.75) is 26.4 Å². The largest absolute Gasteiger partial charge is 0.396 e. The molecule has 0 fully saturated rings. The van der Waals surface area contributed by atoms with Crippen molar-refractivity contribution in [2.24, 2.45) is 11.8 Å². The van der Waals surface area contributed by atoms with Crippen molar-refractivity contribution in [3.8, 4) is 0 Å². The van der Waals surface area contributed by atoms with Crippen molar-refractivity contribution in [2.75, 3.05) is 13.2 Å². The second-order valence-electron chi connectivity index (χ2n) is 3.21. The van der Waals surface area contributed by atoms with Gasteiger partial charge < -0.3 is 15.3 Å². The second kappa shape index (κ2) is 5.52. The summed E-state index contributed by atoms with van der Waals surface area (Å²) in [5, 5.41) is 26.3. The molecule has 0 aliphatic heterocycles. The van der Waals surface area contributed by atoms with Crippen molar-refractivity contribution < 1.29 is 15.3 Å². The molecule has 3 N–H and O–H groups in total. The Morgan fingerprint density at radius 2 is 1.55 bits per heavy atom. The van der Waals surface area contributed by atoms with Crippen molar-refractivity contribution in [3.05, 3.63) is 0 Å². The average molecular weight is 162 g/mol. The molecular weight excluding hydrogens is 144 g/mol. The lowest BCUT2D eigenvalue weighted by atomic mass is 9.91. The van der Waals surface area contributed by atoms with Crippen LogP contribution in [0.1, 0.15) is 20.3 Å². The highest BCUT2D eigenvalue weighted by molar-refractivity contribution is 4.65. The molecule has 3 heteroatoms. The van der Waals surface area contributed by atoms with E-state index in [2.05, 4.69) is 0 Å². The molecule has 0 aliphatic rings. The lowest BCUT2D eigenvalue weighted by Crippen LogP contribution is -2.21. The van der Waals surface area contributed by atoms with Gasteiger partial charge in [-0.25, -0.2) is 0 Å². The van der Waals surface area contributed by atoms with Crippen LogP contribution >= 0.6 is 0 Å². The molecule has 0 spiro atoms. The fraction of sp³-hybridized carbons (Fsp3) is 1.00. The van der Waals surface area contributed by atoms with E-state index in [1.807, 2.05) is 13.8 Å². The fourth-order valence-electron chi connectivity index (χ4n) is 0.916. The van der Waals surface area contributed by atoms with Crippen LogP contribution in [0.4, 0.5) is 0 Å². The third-order valence-electron chi connectivity index (χ3n) is 2.11. The van der Waals surface area contributed by atoms with E-state index in [-0.39, 0.29) is 25.0 Å². The molecule has 0 rings (SSSR count). The van der Waals surface area contributed by atoms with Crippen LogP contribution in [-0.4, -0.2) is 34.6 Å². The summed E-state index contributed by atoms with van der Waals surface area (Å²) in [5.41, 5.74) is 0. The van der Waals surface area contributed by atoms with Gasteiger partial charge in [-0.1, -0.05) is 13.8 Å². The predicted octanol–water partition coefficient (Wildman–Crippen LogP) is -0.00580. The summed E-state index contributed by atoms with van der Waals surface area (Å²) >= 11 is 0. The van der Waals surface area contributed by atoms with Crippen LogP contribution in [-0.2, 0) is 0 Å². The molecule has 0 aliphatic carbocycles. The number of aliphatic hydroxyl groups is 3. The maximum Gasteiger partial charge on any atom is 0.0773 e. The molecule has 11 heavy (non-hydrogen) atoms. The van der Waals surface area contributed by atoms with Crippen molar-refractivity contribution in [3.63, 3.8) is 0 Å². The van der Waals surface area contributed by atoms with Gasteiger partial charge in [0, 0.05) is 6.61 Å². The van der Waals surface area contributed by atoms with Crippen LogP contribution in [0.2, 0.25) is 0 Å². The van der Waals surface area contributed by atoms with Gasteiger partial charge >= 0.3 is 0 Å². The van der Waals surface area contributed by atoms with E-state index in [0.29, 0.717) is 6.42 Å². The smallest absolute Gasteiger partial charge is 0.0773 e. The van der Waals surface area contributed by atoms with Crippen LogP contribution in [0.15, 0.2) is 0 Å². The standard InChI is InChI=1S/C8H18O3/c1-6(7(2)4-9)3-8(11)5-10/h6-11H,3-5H2,1-2H3/t6-,7+,8-/m0/s1. The summed E-state index contributed by atoms with van der Waals surface area (Å²) in [6.45, 7) is 3.83. The molecule has 0 saturated carbocycles. The van der Waals surface area contributed by atoms with Gasteiger partial charge in [0.2, 0.25) is 0 Å². The summed E-state index contributed by atoms with van der Waals surface area (Å²) in [6.07, 6.45) is -0.0860. The summed E-state index contributed by atoms with van der Waals surface area (Å²) in [4.78, 5) is 0. The van der Waals surface area contributed by atoms with E-state index in [9.17, 15) is 0 Å². The highest BCUT2D eigenvalue weighted by Gasteiger charge is 2.14.